The zero-order valence-electron chi connectivity index (χ0n) is 14.2. The molecule has 0 bridgehead atoms. The normalized spacial score (nSPS) is 15.1. The topological polar surface area (TPSA) is 105 Å². The van der Waals surface area contributed by atoms with Crippen LogP contribution in [-0.4, -0.2) is 64.4 Å². The quantitative estimate of drug-likeness (QED) is 0.626. The van der Waals surface area contributed by atoms with Crippen molar-refractivity contribution in [1.29, 1.82) is 0 Å². The molecule has 0 spiro atoms. The summed E-state index contributed by atoms with van der Waals surface area (Å²) >= 11 is 0. The molecule has 1 aromatic carbocycles. The van der Waals surface area contributed by atoms with Gasteiger partial charge in [0.1, 0.15) is 0 Å². The van der Waals surface area contributed by atoms with Crippen LogP contribution in [0, 0.1) is 0 Å². The number of benzene rings is 1. The van der Waals surface area contributed by atoms with Crippen LogP contribution in [0.5, 0.6) is 0 Å². The van der Waals surface area contributed by atoms with Crippen molar-refractivity contribution in [1.82, 2.24) is 14.9 Å². The Hall–Kier alpha value is -1.97. The molecule has 1 aromatic rings. The molecule has 25 heavy (non-hydrogen) atoms. The van der Waals surface area contributed by atoms with E-state index in [1.807, 2.05) is 0 Å². The summed E-state index contributed by atoms with van der Waals surface area (Å²) in [7, 11) is -1.96. The lowest BCUT2D eigenvalue weighted by Crippen LogP contribution is -2.38. The summed E-state index contributed by atoms with van der Waals surface area (Å²) < 4.78 is 31.1. The molecule has 9 heteroatoms. The van der Waals surface area contributed by atoms with Crippen LogP contribution in [-0.2, 0) is 19.6 Å². The van der Waals surface area contributed by atoms with Crippen LogP contribution in [0.4, 0.5) is 0 Å². The van der Waals surface area contributed by atoms with E-state index in [1.165, 1.54) is 35.7 Å². The Balaban J connectivity index is 1.90. The van der Waals surface area contributed by atoms with E-state index in [9.17, 15) is 18.0 Å². The number of methoxy groups -OCH3 is 1. The average molecular weight is 369 g/mol. The van der Waals surface area contributed by atoms with Crippen LogP contribution >= 0.6 is 0 Å². The minimum absolute atomic E-state index is 0.156. The van der Waals surface area contributed by atoms with Gasteiger partial charge in [0.15, 0.2) is 0 Å². The summed E-state index contributed by atoms with van der Waals surface area (Å²) in [4.78, 5) is 23.7. The molecule has 0 atom stereocenters. The van der Waals surface area contributed by atoms with Gasteiger partial charge in [0.05, 0.1) is 18.0 Å². The molecule has 0 radical (unpaired) electrons. The van der Waals surface area contributed by atoms with Crippen molar-refractivity contribution in [2.45, 2.75) is 17.7 Å². The molecule has 1 aliphatic heterocycles. The lowest BCUT2D eigenvalue weighted by molar-refractivity contribution is -0.120. The zero-order valence-corrected chi connectivity index (χ0v) is 15.0. The largest absolute Gasteiger partial charge is 0.383 e. The van der Waals surface area contributed by atoms with E-state index in [0.29, 0.717) is 31.8 Å². The van der Waals surface area contributed by atoms with Crippen molar-refractivity contribution in [3.8, 4) is 0 Å². The van der Waals surface area contributed by atoms with Crippen LogP contribution in [0.15, 0.2) is 29.2 Å². The summed E-state index contributed by atoms with van der Waals surface area (Å²) in [6.45, 7) is 1.67. The summed E-state index contributed by atoms with van der Waals surface area (Å²) in [5.41, 5.74) is 0.296. The van der Waals surface area contributed by atoms with Gasteiger partial charge in [0.25, 0.3) is 5.91 Å². The first kappa shape index (κ1) is 19.4. The minimum atomic E-state index is -3.49. The summed E-state index contributed by atoms with van der Waals surface area (Å²) in [5.74, 6) is -0.759. The van der Waals surface area contributed by atoms with E-state index in [4.69, 9.17) is 4.74 Å². The second kappa shape index (κ2) is 8.93. The molecule has 0 saturated carbocycles. The molecule has 0 aromatic heterocycles. The fourth-order valence-electron chi connectivity index (χ4n) is 2.47. The van der Waals surface area contributed by atoms with Gasteiger partial charge in [-0.15, -0.1) is 0 Å². The molecular formula is C16H23N3O5S. The van der Waals surface area contributed by atoms with E-state index in [0.717, 1.165) is 12.8 Å². The number of hydrogen-bond donors (Lipinski definition) is 2. The van der Waals surface area contributed by atoms with Crippen LogP contribution in [0.3, 0.4) is 0 Å². The van der Waals surface area contributed by atoms with Gasteiger partial charge in [-0.05, 0) is 37.1 Å². The molecule has 0 aliphatic carbocycles. The van der Waals surface area contributed by atoms with E-state index in [2.05, 4.69) is 10.6 Å². The van der Waals surface area contributed by atoms with Gasteiger partial charge in [0.2, 0.25) is 15.9 Å². The van der Waals surface area contributed by atoms with Crippen molar-refractivity contribution in [2.24, 2.45) is 0 Å². The second-order valence-electron chi connectivity index (χ2n) is 5.66. The number of carbonyl (C=O) groups excluding carboxylic acids is 2. The number of nitrogens with zero attached hydrogens (tertiary/aromatic N) is 1. The van der Waals surface area contributed by atoms with Gasteiger partial charge in [0, 0.05) is 32.3 Å². The van der Waals surface area contributed by atoms with Gasteiger partial charge in [-0.3, -0.25) is 9.59 Å². The Morgan fingerprint density at radius 3 is 2.36 bits per heavy atom. The van der Waals surface area contributed by atoms with Crippen LogP contribution in [0.1, 0.15) is 23.2 Å². The number of sulfonamides is 1. The SMILES string of the molecule is COCCNC(=O)CNC(=O)c1ccc(S(=O)(=O)N2CCCC2)cc1. The van der Waals surface area contributed by atoms with Crippen molar-refractivity contribution in [3.05, 3.63) is 29.8 Å². The maximum Gasteiger partial charge on any atom is 0.251 e. The molecule has 1 fully saturated rings. The minimum Gasteiger partial charge on any atom is -0.383 e. The van der Waals surface area contributed by atoms with Crippen LogP contribution in [0.25, 0.3) is 0 Å². The second-order valence-corrected chi connectivity index (χ2v) is 7.60. The predicted molar refractivity (Wildman–Crippen MR) is 91.7 cm³/mol. The molecule has 1 aliphatic rings. The summed E-state index contributed by atoms with van der Waals surface area (Å²) in [6.07, 6.45) is 1.73. The first-order valence-corrected chi connectivity index (χ1v) is 9.53. The van der Waals surface area contributed by atoms with Gasteiger partial charge < -0.3 is 15.4 Å². The van der Waals surface area contributed by atoms with Gasteiger partial charge in [-0.1, -0.05) is 0 Å². The highest BCUT2D eigenvalue weighted by molar-refractivity contribution is 7.89. The van der Waals surface area contributed by atoms with Gasteiger partial charge in [-0.2, -0.15) is 4.31 Å². The monoisotopic (exact) mass is 369 g/mol. The van der Waals surface area contributed by atoms with E-state index in [1.54, 1.807) is 0 Å². The van der Waals surface area contributed by atoms with Crippen LogP contribution in [0.2, 0.25) is 0 Å². The van der Waals surface area contributed by atoms with E-state index < -0.39 is 15.9 Å². The Labute approximate surface area is 147 Å². The van der Waals surface area contributed by atoms with E-state index in [-0.39, 0.29) is 17.3 Å². The fourth-order valence-corrected chi connectivity index (χ4v) is 3.99. The molecule has 0 unspecified atom stereocenters. The highest BCUT2D eigenvalue weighted by Gasteiger charge is 2.27. The first-order valence-electron chi connectivity index (χ1n) is 8.09. The third kappa shape index (κ3) is 5.25. The zero-order chi connectivity index (χ0) is 18.3. The number of ether oxygens (including phenoxy) is 1. The van der Waals surface area contributed by atoms with Crippen molar-refractivity contribution in [2.75, 3.05) is 39.9 Å². The Morgan fingerprint density at radius 2 is 1.76 bits per heavy atom. The Kier molecular flexibility index (Phi) is 6.91. The maximum absolute atomic E-state index is 12.4. The lowest BCUT2D eigenvalue weighted by atomic mass is 10.2. The number of hydrogen-bond acceptors (Lipinski definition) is 5. The number of carbonyl (C=O) groups is 2. The molecule has 8 nitrogen and oxygen atoms in total. The van der Waals surface area contributed by atoms with Crippen LogP contribution < -0.4 is 10.6 Å². The number of rotatable bonds is 8. The Bertz CT molecular complexity index is 697. The lowest BCUT2D eigenvalue weighted by Gasteiger charge is -2.15. The highest BCUT2D eigenvalue weighted by Crippen LogP contribution is 2.21. The summed E-state index contributed by atoms with van der Waals surface area (Å²) in [5, 5.41) is 5.07. The third-order valence-corrected chi connectivity index (χ3v) is 5.77. The smallest absolute Gasteiger partial charge is 0.251 e. The van der Waals surface area contributed by atoms with Crippen molar-refractivity contribution < 1.29 is 22.7 Å². The molecule has 1 saturated heterocycles. The molecule has 138 valence electrons. The maximum atomic E-state index is 12.4. The molecule has 2 amide bonds. The molecule has 2 rings (SSSR count). The van der Waals surface area contributed by atoms with Gasteiger partial charge in [-0.25, -0.2) is 8.42 Å². The fraction of sp³-hybridized carbons (Fsp3) is 0.500. The Morgan fingerprint density at radius 1 is 1.12 bits per heavy atom. The number of amides is 2. The van der Waals surface area contributed by atoms with E-state index >= 15 is 0 Å². The standard InChI is InChI=1S/C16H23N3O5S/c1-24-11-8-17-15(20)12-18-16(21)13-4-6-14(7-5-13)25(22,23)19-9-2-3-10-19/h4-7H,2-3,8-12H2,1H3,(H,17,20)(H,18,21). The predicted octanol–water partition coefficient (Wildman–Crippen LogP) is -0.0365. The first-order chi connectivity index (χ1) is 11.9. The van der Waals surface area contributed by atoms with Gasteiger partial charge >= 0.3 is 0 Å². The third-order valence-electron chi connectivity index (χ3n) is 3.86. The average Bonchev–Trinajstić information content (AvgIpc) is 3.15. The van der Waals surface area contributed by atoms with Crippen molar-refractivity contribution in [3.63, 3.8) is 0 Å². The molecular weight excluding hydrogens is 346 g/mol. The summed E-state index contributed by atoms with van der Waals surface area (Å²) in [6, 6.07) is 5.73. The highest BCUT2D eigenvalue weighted by atomic mass is 32.2. The molecule has 2 N–H and O–H groups in total. The molecule has 1 heterocycles. The number of nitrogens with one attached hydrogen (secondary N) is 2. The van der Waals surface area contributed by atoms with Crippen molar-refractivity contribution >= 4 is 21.8 Å².